The summed E-state index contributed by atoms with van der Waals surface area (Å²) in [5.74, 6) is 0.305. The Morgan fingerprint density at radius 3 is 2.02 bits per heavy atom. The molecule has 0 radical (unpaired) electrons. The van der Waals surface area contributed by atoms with E-state index >= 15 is 0 Å². The first-order valence-electron chi connectivity index (χ1n) is 17.8. The van der Waals surface area contributed by atoms with Crippen molar-refractivity contribution in [3.05, 3.63) is 59.2 Å². The van der Waals surface area contributed by atoms with Gasteiger partial charge in [0.25, 0.3) is 5.91 Å². The maximum Gasteiger partial charge on any atom is 0.326 e. The van der Waals surface area contributed by atoms with Gasteiger partial charge in [-0.15, -0.1) is 0 Å². The van der Waals surface area contributed by atoms with E-state index in [-0.39, 0.29) is 5.91 Å². The number of ether oxygens (including phenoxy) is 2. The average molecular weight is 676 g/mol. The van der Waals surface area contributed by atoms with Crippen molar-refractivity contribution >= 4 is 23.6 Å². The van der Waals surface area contributed by atoms with Gasteiger partial charge in [0.1, 0.15) is 6.04 Å². The Labute approximate surface area is 293 Å². The molecule has 1 saturated carbocycles. The van der Waals surface area contributed by atoms with Gasteiger partial charge in [0.15, 0.2) is 0 Å². The van der Waals surface area contributed by atoms with Crippen molar-refractivity contribution in [2.75, 3.05) is 39.9 Å². The molecule has 2 N–H and O–H groups in total. The van der Waals surface area contributed by atoms with Crippen molar-refractivity contribution in [1.82, 2.24) is 5.32 Å². The molecule has 1 aliphatic rings. The highest BCUT2D eigenvalue weighted by Crippen LogP contribution is 2.29. The monoisotopic (exact) mass is 675 g/mol. The van der Waals surface area contributed by atoms with Crippen LogP contribution in [0.1, 0.15) is 127 Å². The third-order valence-electron chi connectivity index (χ3n) is 7.80. The smallest absolute Gasteiger partial charge is 0.326 e. The molecule has 47 heavy (non-hydrogen) atoms. The Balaban J connectivity index is 0. The molecule has 2 aromatic carbocycles. The molecular formula is C40H69NO5S. The molecule has 0 bridgehead atoms. The largest absolute Gasteiger partial charge is 0.480 e. The van der Waals surface area contributed by atoms with Gasteiger partial charge in [-0.2, -0.15) is 11.8 Å². The minimum Gasteiger partial charge on any atom is -0.480 e. The Bertz CT molecular complexity index is 1040. The number of hydrogen-bond donors (Lipinski definition) is 2. The highest BCUT2D eigenvalue weighted by atomic mass is 32.2. The molecule has 3 rings (SSSR count). The summed E-state index contributed by atoms with van der Waals surface area (Å²) >= 11 is 1.56. The van der Waals surface area contributed by atoms with E-state index in [1.54, 1.807) is 39.2 Å². The van der Waals surface area contributed by atoms with Gasteiger partial charge in [-0.1, -0.05) is 129 Å². The molecule has 1 amide bonds. The maximum absolute atomic E-state index is 12.8. The number of methoxy groups -OCH3 is 2. The van der Waals surface area contributed by atoms with Gasteiger partial charge in [-0.25, -0.2) is 4.79 Å². The van der Waals surface area contributed by atoms with Crippen LogP contribution in [0.4, 0.5) is 0 Å². The van der Waals surface area contributed by atoms with E-state index < -0.39 is 12.0 Å². The Hall–Kier alpha value is -2.35. The lowest BCUT2D eigenvalue weighted by Gasteiger charge is -2.20. The van der Waals surface area contributed by atoms with E-state index in [1.165, 1.54) is 64.2 Å². The van der Waals surface area contributed by atoms with Crippen molar-refractivity contribution in [1.29, 1.82) is 0 Å². The molecule has 0 aliphatic heterocycles. The summed E-state index contributed by atoms with van der Waals surface area (Å²) in [6.07, 6.45) is 17.3. The first-order chi connectivity index (χ1) is 22.7. The highest BCUT2D eigenvalue weighted by Gasteiger charge is 2.22. The quantitative estimate of drug-likeness (QED) is 0.194. The molecular weight excluding hydrogens is 607 g/mol. The van der Waals surface area contributed by atoms with Crippen molar-refractivity contribution in [3.63, 3.8) is 0 Å². The van der Waals surface area contributed by atoms with Gasteiger partial charge in [0.05, 0.1) is 0 Å². The Kier molecular flexibility index (Phi) is 32.1. The lowest BCUT2D eigenvalue weighted by Crippen LogP contribution is -2.41. The Morgan fingerprint density at radius 2 is 1.53 bits per heavy atom. The number of amides is 1. The van der Waals surface area contributed by atoms with Gasteiger partial charge >= 0.3 is 5.97 Å². The summed E-state index contributed by atoms with van der Waals surface area (Å²) in [6, 6.07) is 12.8. The van der Waals surface area contributed by atoms with Gasteiger partial charge < -0.3 is 19.9 Å². The first-order valence-corrected chi connectivity index (χ1v) is 19.2. The van der Waals surface area contributed by atoms with E-state index in [1.807, 2.05) is 63.4 Å². The number of aryl methyl sites for hydroxylation is 2. The molecule has 0 heterocycles. The zero-order valence-corrected chi connectivity index (χ0v) is 32.4. The second-order valence-electron chi connectivity index (χ2n) is 11.6. The molecule has 7 heteroatoms. The summed E-state index contributed by atoms with van der Waals surface area (Å²) in [6.45, 7) is 13.5. The van der Waals surface area contributed by atoms with Crippen LogP contribution in [0.25, 0.3) is 11.1 Å². The minimum absolute atomic E-state index is 0.348. The molecule has 0 saturated heterocycles. The summed E-state index contributed by atoms with van der Waals surface area (Å²) in [5, 5.41) is 12.1. The van der Waals surface area contributed by atoms with Crippen molar-refractivity contribution in [2.24, 2.45) is 5.92 Å². The fourth-order valence-corrected chi connectivity index (χ4v) is 5.57. The minimum atomic E-state index is -1.00. The van der Waals surface area contributed by atoms with E-state index in [0.29, 0.717) is 17.7 Å². The number of hydrogen-bond acceptors (Lipinski definition) is 5. The Morgan fingerprint density at radius 1 is 0.936 bits per heavy atom. The molecule has 1 fully saturated rings. The number of rotatable bonds is 14. The maximum atomic E-state index is 12.8. The van der Waals surface area contributed by atoms with Crippen LogP contribution in [-0.2, 0) is 20.7 Å². The average Bonchev–Trinajstić information content (AvgIpc) is 3.10. The van der Waals surface area contributed by atoms with Crippen molar-refractivity contribution in [3.8, 4) is 11.1 Å². The number of carbonyl (C=O) groups excluding carboxylic acids is 1. The molecule has 270 valence electrons. The summed E-state index contributed by atoms with van der Waals surface area (Å²) in [5.41, 5.74) is 4.55. The van der Waals surface area contributed by atoms with Crippen LogP contribution in [0.5, 0.6) is 0 Å². The molecule has 0 spiro atoms. The highest BCUT2D eigenvalue weighted by molar-refractivity contribution is 7.98. The molecule has 1 atom stereocenters. The molecule has 6 nitrogen and oxygen atoms in total. The van der Waals surface area contributed by atoms with Crippen LogP contribution in [-0.4, -0.2) is 63.0 Å². The van der Waals surface area contributed by atoms with Crippen LogP contribution in [0.15, 0.2) is 42.5 Å². The number of benzene rings is 2. The molecule has 2 aromatic rings. The zero-order chi connectivity index (χ0) is 35.9. The van der Waals surface area contributed by atoms with Gasteiger partial charge in [0, 0.05) is 33.5 Å². The fourth-order valence-electron chi connectivity index (χ4n) is 5.10. The van der Waals surface area contributed by atoms with Crippen LogP contribution in [0, 0.1) is 12.8 Å². The molecule has 1 aliphatic carbocycles. The van der Waals surface area contributed by atoms with Gasteiger partial charge in [-0.3, -0.25) is 4.79 Å². The first kappa shape index (κ1) is 46.8. The van der Waals surface area contributed by atoms with E-state index in [0.717, 1.165) is 41.2 Å². The SMILES string of the molecule is CC.CCCCCC.CCc1ccc(C(=O)NC(CCSC)C(=O)O)c(-c2ccccc2C)c1.COC.COCCC1CCCCC1. The normalized spacial score (nSPS) is 12.7. The zero-order valence-electron chi connectivity index (χ0n) is 31.6. The number of aliphatic carboxylic acids is 1. The van der Waals surface area contributed by atoms with E-state index in [2.05, 4.69) is 30.8 Å². The predicted molar refractivity (Wildman–Crippen MR) is 205 cm³/mol. The number of thioether (sulfide) groups is 1. The fraction of sp³-hybridized carbons (Fsp3) is 0.650. The number of nitrogens with one attached hydrogen (secondary N) is 1. The number of carbonyl (C=O) groups is 2. The molecule has 1 unspecified atom stereocenters. The van der Waals surface area contributed by atoms with Gasteiger partial charge in [-0.05, 0) is 72.4 Å². The number of carboxylic acid groups (broad SMARTS) is 1. The standard InChI is InChI=1S/C21H25NO3S.C9H18O.C6H14.C2H6O.C2H6/c1-4-15-9-10-17(18(13-15)16-8-6-5-7-14(16)2)20(23)22-19(21(24)25)11-12-26-3;1-10-8-7-9-5-3-2-4-6-9;1-3-5-6-4-2;1-3-2;1-2/h5-10,13,19H,4,11-12H2,1-3H3,(H,22,23)(H,24,25);9H,2-8H2,1H3;3-6H2,1-2H3;1-2H3;1-2H3. The van der Waals surface area contributed by atoms with Crippen LogP contribution in [0.2, 0.25) is 0 Å². The van der Waals surface area contributed by atoms with E-state index in [4.69, 9.17) is 4.74 Å². The van der Waals surface area contributed by atoms with E-state index in [9.17, 15) is 14.7 Å². The lowest BCUT2D eigenvalue weighted by atomic mass is 9.87. The predicted octanol–water partition coefficient (Wildman–Crippen LogP) is 10.6. The molecule has 0 aromatic heterocycles. The lowest BCUT2D eigenvalue weighted by molar-refractivity contribution is -0.139. The van der Waals surface area contributed by atoms with Crippen molar-refractivity contribution in [2.45, 2.75) is 125 Å². The second-order valence-corrected chi connectivity index (χ2v) is 12.6. The van der Waals surface area contributed by atoms with Gasteiger partial charge in [0.2, 0.25) is 0 Å². The van der Waals surface area contributed by atoms with Crippen LogP contribution in [0.3, 0.4) is 0 Å². The third kappa shape index (κ3) is 22.0. The van der Waals surface area contributed by atoms with Crippen molar-refractivity contribution < 1.29 is 24.2 Å². The second kappa shape index (κ2) is 32.2. The third-order valence-corrected chi connectivity index (χ3v) is 8.44. The summed E-state index contributed by atoms with van der Waals surface area (Å²) < 4.78 is 9.29. The topological polar surface area (TPSA) is 84.9 Å². The summed E-state index contributed by atoms with van der Waals surface area (Å²) in [4.78, 5) is 24.3. The number of unbranched alkanes of at least 4 members (excludes halogenated alkanes) is 3. The summed E-state index contributed by atoms with van der Waals surface area (Å²) in [7, 11) is 5.04. The van der Waals surface area contributed by atoms with Crippen LogP contribution >= 0.6 is 11.8 Å². The van der Waals surface area contributed by atoms with Crippen LogP contribution < -0.4 is 5.32 Å². The number of carboxylic acids is 1.